The third-order valence-electron chi connectivity index (χ3n) is 6.45. The summed E-state index contributed by atoms with van der Waals surface area (Å²) >= 11 is 0. The normalized spacial score (nSPS) is 15.5. The van der Waals surface area contributed by atoms with Crippen molar-refractivity contribution in [2.45, 2.75) is 32.9 Å². The van der Waals surface area contributed by atoms with E-state index in [2.05, 4.69) is 13.8 Å². The summed E-state index contributed by atoms with van der Waals surface area (Å²) in [5.41, 5.74) is 2.40. The number of nitrogens with zero attached hydrogens (tertiary/aromatic N) is 1. The monoisotopic (exact) mass is 511 g/mol. The molecule has 0 spiro atoms. The number of ether oxygens (including phenoxy) is 2. The maximum absolute atomic E-state index is 13.4. The number of benzene rings is 3. The largest absolute Gasteiger partial charge is 0.503 e. The third-order valence-corrected chi connectivity index (χ3v) is 6.45. The fourth-order valence-corrected chi connectivity index (χ4v) is 4.40. The van der Waals surface area contributed by atoms with Gasteiger partial charge in [0.15, 0.2) is 23.0 Å². The molecule has 6 nitrogen and oxygen atoms in total. The summed E-state index contributed by atoms with van der Waals surface area (Å²) < 4.78 is 11.5. The van der Waals surface area contributed by atoms with Gasteiger partial charge in [-0.05, 0) is 47.2 Å². The van der Waals surface area contributed by atoms with Gasteiger partial charge < -0.3 is 19.5 Å². The Hall–Kier alpha value is -4.32. The van der Waals surface area contributed by atoms with E-state index in [0.717, 1.165) is 17.5 Å². The van der Waals surface area contributed by atoms with Gasteiger partial charge in [0, 0.05) is 6.54 Å². The van der Waals surface area contributed by atoms with Crippen LogP contribution in [0.2, 0.25) is 0 Å². The predicted octanol–water partition coefficient (Wildman–Crippen LogP) is 6.30. The summed E-state index contributed by atoms with van der Waals surface area (Å²) in [6.07, 6.45) is 3.97. The van der Waals surface area contributed by atoms with E-state index in [0.29, 0.717) is 29.6 Å². The van der Waals surface area contributed by atoms with E-state index in [4.69, 9.17) is 9.47 Å². The number of carbonyl (C=O) groups excluding carboxylic acids is 2. The van der Waals surface area contributed by atoms with Gasteiger partial charge in [-0.15, -0.1) is 0 Å². The highest BCUT2D eigenvalue weighted by Gasteiger charge is 2.43. The van der Waals surface area contributed by atoms with Crippen molar-refractivity contribution in [3.05, 3.63) is 113 Å². The minimum Gasteiger partial charge on any atom is -0.503 e. The number of methoxy groups -OCH3 is 1. The smallest absolute Gasteiger partial charge is 0.290 e. The van der Waals surface area contributed by atoms with Crippen molar-refractivity contribution in [3.8, 4) is 11.5 Å². The van der Waals surface area contributed by atoms with Crippen LogP contribution in [0.3, 0.4) is 0 Å². The topological polar surface area (TPSA) is 76.1 Å². The first-order chi connectivity index (χ1) is 18.4. The summed E-state index contributed by atoms with van der Waals surface area (Å²) in [6.45, 7) is 5.03. The van der Waals surface area contributed by atoms with E-state index in [1.54, 1.807) is 25.3 Å². The molecule has 0 saturated heterocycles. The van der Waals surface area contributed by atoms with Crippen LogP contribution in [0.4, 0.5) is 0 Å². The molecule has 0 aliphatic carbocycles. The van der Waals surface area contributed by atoms with Crippen molar-refractivity contribution >= 4 is 17.8 Å². The Balaban J connectivity index is 1.71. The van der Waals surface area contributed by atoms with Crippen molar-refractivity contribution in [3.63, 3.8) is 0 Å². The molecule has 1 unspecified atom stereocenters. The molecule has 6 heteroatoms. The number of aliphatic hydroxyl groups excluding tert-OH is 1. The summed E-state index contributed by atoms with van der Waals surface area (Å²) in [5.74, 6) is 0.0205. The number of rotatable bonds is 11. The molecule has 4 rings (SSSR count). The number of aliphatic hydroxyl groups is 1. The van der Waals surface area contributed by atoms with Crippen molar-refractivity contribution in [1.29, 1.82) is 0 Å². The van der Waals surface area contributed by atoms with E-state index in [1.807, 2.05) is 66.7 Å². The quantitative estimate of drug-likeness (QED) is 0.306. The number of ketones is 1. The van der Waals surface area contributed by atoms with Crippen LogP contribution in [0.1, 0.15) is 43.0 Å². The van der Waals surface area contributed by atoms with Crippen LogP contribution in [0.5, 0.6) is 11.5 Å². The van der Waals surface area contributed by atoms with E-state index < -0.39 is 23.5 Å². The van der Waals surface area contributed by atoms with E-state index in [-0.39, 0.29) is 12.1 Å². The van der Waals surface area contributed by atoms with Crippen LogP contribution in [0.15, 0.2) is 96.3 Å². The van der Waals surface area contributed by atoms with Crippen LogP contribution in [-0.2, 0) is 16.1 Å². The lowest BCUT2D eigenvalue weighted by Gasteiger charge is -2.27. The molecule has 3 aromatic carbocycles. The average Bonchev–Trinajstić information content (AvgIpc) is 3.18. The molecule has 3 aromatic rings. The molecule has 0 bridgehead atoms. The number of hydrogen-bond donors (Lipinski definition) is 1. The standard InChI is InChI=1S/C32H33NO5/c1-22(2)18-19-38-27-17-15-25(20-28(27)37-3)30-29(26(34)16-14-23-10-6-4-7-11-23)31(35)32(36)33(30)21-24-12-8-5-9-13-24/h4-17,20,22,30,35H,18-19,21H2,1-3H3. The Bertz CT molecular complexity index is 1330. The second kappa shape index (κ2) is 12.3. The molecule has 0 radical (unpaired) electrons. The Kier molecular flexibility index (Phi) is 8.64. The van der Waals surface area contributed by atoms with Crippen molar-refractivity contribution in [2.75, 3.05) is 13.7 Å². The lowest BCUT2D eigenvalue weighted by atomic mass is 9.95. The van der Waals surface area contributed by atoms with Gasteiger partial charge in [0.2, 0.25) is 0 Å². The molecular formula is C32H33NO5. The maximum atomic E-state index is 13.4. The van der Waals surface area contributed by atoms with Crippen molar-refractivity contribution < 1.29 is 24.2 Å². The van der Waals surface area contributed by atoms with Gasteiger partial charge in [-0.3, -0.25) is 9.59 Å². The zero-order valence-corrected chi connectivity index (χ0v) is 22.0. The number of carbonyl (C=O) groups is 2. The lowest BCUT2D eigenvalue weighted by molar-refractivity contribution is -0.130. The number of amides is 1. The van der Waals surface area contributed by atoms with E-state index in [9.17, 15) is 14.7 Å². The second-order valence-electron chi connectivity index (χ2n) is 9.63. The zero-order valence-electron chi connectivity index (χ0n) is 22.0. The predicted molar refractivity (Wildman–Crippen MR) is 148 cm³/mol. The third kappa shape index (κ3) is 6.14. The first-order valence-corrected chi connectivity index (χ1v) is 12.7. The summed E-state index contributed by atoms with van der Waals surface area (Å²) in [5, 5.41) is 10.9. The van der Waals surface area contributed by atoms with Crippen molar-refractivity contribution in [2.24, 2.45) is 5.92 Å². The molecule has 38 heavy (non-hydrogen) atoms. The van der Waals surface area contributed by atoms with Gasteiger partial charge in [0.05, 0.1) is 25.3 Å². The minimum atomic E-state index is -0.797. The van der Waals surface area contributed by atoms with Gasteiger partial charge in [-0.1, -0.05) is 86.7 Å². The fraction of sp³-hybridized carbons (Fsp3) is 0.250. The molecule has 1 aliphatic heterocycles. The van der Waals surface area contributed by atoms with E-state index in [1.165, 1.54) is 11.0 Å². The molecule has 1 amide bonds. The summed E-state index contributed by atoms with van der Waals surface area (Å²) in [6, 6.07) is 23.5. The van der Waals surface area contributed by atoms with E-state index >= 15 is 0 Å². The lowest BCUT2D eigenvalue weighted by Crippen LogP contribution is -2.30. The molecule has 1 N–H and O–H groups in total. The van der Waals surface area contributed by atoms with Crippen molar-refractivity contribution in [1.82, 2.24) is 4.90 Å². The van der Waals surface area contributed by atoms with Gasteiger partial charge in [0.25, 0.3) is 5.91 Å². The summed E-state index contributed by atoms with van der Waals surface area (Å²) in [7, 11) is 1.55. The summed E-state index contributed by atoms with van der Waals surface area (Å²) in [4.78, 5) is 28.3. The number of allylic oxidation sites excluding steroid dienone is 1. The van der Waals surface area contributed by atoms with Crippen LogP contribution in [-0.4, -0.2) is 35.4 Å². The Labute approximate surface area is 223 Å². The Morgan fingerprint density at radius 1 is 1.00 bits per heavy atom. The average molecular weight is 512 g/mol. The second-order valence-corrected chi connectivity index (χ2v) is 9.63. The molecule has 0 saturated carbocycles. The molecule has 1 heterocycles. The van der Waals surface area contributed by atoms with Crippen LogP contribution in [0, 0.1) is 5.92 Å². The van der Waals surface area contributed by atoms with Gasteiger partial charge in [-0.25, -0.2) is 0 Å². The Morgan fingerprint density at radius 2 is 1.68 bits per heavy atom. The first kappa shape index (κ1) is 26.7. The van der Waals surface area contributed by atoms with Crippen LogP contribution >= 0.6 is 0 Å². The van der Waals surface area contributed by atoms with Gasteiger partial charge in [-0.2, -0.15) is 0 Å². The number of hydrogen-bond acceptors (Lipinski definition) is 5. The molecule has 0 aromatic heterocycles. The Morgan fingerprint density at radius 3 is 2.34 bits per heavy atom. The molecule has 1 atom stereocenters. The SMILES string of the molecule is COc1cc(C2C(C(=O)C=Cc3ccccc3)=C(O)C(=O)N2Cc2ccccc2)ccc1OCCC(C)C. The van der Waals surface area contributed by atoms with Crippen LogP contribution in [0.25, 0.3) is 6.08 Å². The molecule has 196 valence electrons. The zero-order chi connectivity index (χ0) is 27.1. The molecular weight excluding hydrogens is 478 g/mol. The van der Waals surface area contributed by atoms with Gasteiger partial charge >= 0.3 is 0 Å². The highest BCUT2D eigenvalue weighted by atomic mass is 16.5. The highest BCUT2D eigenvalue weighted by Crippen LogP contribution is 2.41. The maximum Gasteiger partial charge on any atom is 0.290 e. The van der Waals surface area contributed by atoms with Crippen LogP contribution < -0.4 is 9.47 Å². The highest BCUT2D eigenvalue weighted by molar-refractivity contribution is 6.14. The molecule has 1 aliphatic rings. The minimum absolute atomic E-state index is 0.0358. The fourth-order valence-electron chi connectivity index (χ4n) is 4.40. The molecule has 0 fully saturated rings. The van der Waals surface area contributed by atoms with Gasteiger partial charge in [0.1, 0.15) is 0 Å². The first-order valence-electron chi connectivity index (χ1n) is 12.7.